The predicted molar refractivity (Wildman–Crippen MR) is 79.2 cm³/mol. The lowest BCUT2D eigenvalue weighted by atomic mass is 9.92. The molecular formula is C16H21N3O2. The largest absolute Gasteiger partial charge is 0.469 e. The number of aryl methyl sites for hydroxylation is 2. The van der Waals surface area contributed by atoms with E-state index in [4.69, 9.17) is 4.42 Å². The maximum absolute atomic E-state index is 12.6. The molecule has 0 unspecified atom stereocenters. The van der Waals surface area contributed by atoms with Gasteiger partial charge in [0, 0.05) is 31.3 Å². The van der Waals surface area contributed by atoms with Crippen LogP contribution in [0.15, 0.2) is 35.2 Å². The van der Waals surface area contributed by atoms with E-state index in [2.05, 4.69) is 16.9 Å². The second-order valence-corrected chi connectivity index (χ2v) is 5.72. The molecular weight excluding hydrogens is 266 g/mol. The zero-order chi connectivity index (χ0) is 14.7. The summed E-state index contributed by atoms with van der Waals surface area (Å²) in [6, 6.07) is 3.84. The molecule has 21 heavy (non-hydrogen) atoms. The molecule has 5 nitrogen and oxygen atoms in total. The summed E-state index contributed by atoms with van der Waals surface area (Å²) >= 11 is 0. The van der Waals surface area contributed by atoms with Crippen LogP contribution in [0.2, 0.25) is 0 Å². The zero-order valence-corrected chi connectivity index (χ0v) is 12.4. The Morgan fingerprint density at radius 3 is 2.95 bits per heavy atom. The second kappa shape index (κ2) is 6.26. The number of likely N-dealkylation sites (tertiary alicyclic amines) is 1. The van der Waals surface area contributed by atoms with E-state index in [1.165, 1.54) is 0 Å². The fraction of sp³-hybridized carbons (Fsp3) is 0.500. The normalized spacial score (nSPS) is 17.2. The first-order valence-corrected chi connectivity index (χ1v) is 7.50. The molecule has 0 spiro atoms. The van der Waals surface area contributed by atoms with E-state index in [1.807, 2.05) is 22.9 Å². The molecule has 1 aliphatic heterocycles. The lowest BCUT2D eigenvalue weighted by Crippen LogP contribution is -2.34. The Balaban J connectivity index is 1.65. The van der Waals surface area contributed by atoms with Gasteiger partial charge < -0.3 is 13.9 Å². The summed E-state index contributed by atoms with van der Waals surface area (Å²) in [6.45, 7) is 2.70. The van der Waals surface area contributed by atoms with Gasteiger partial charge in [0.25, 0.3) is 0 Å². The van der Waals surface area contributed by atoms with Gasteiger partial charge in [-0.15, -0.1) is 0 Å². The van der Waals surface area contributed by atoms with Gasteiger partial charge in [-0.1, -0.05) is 0 Å². The number of piperidine rings is 1. The average molecular weight is 287 g/mol. The van der Waals surface area contributed by atoms with Gasteiger partial charge in [0.1, 0.15) is 5.76 Å². The summed E-state index contributed by atoms with van der Waals surface area (Å²) < 4.78 is 7.28. The highest BCUT2D eigenvalue weighted by atomic mass is 16.3. The summed E-state index contributed by atoms with van der Waals surface area (Å²) in [7, 11) is 2.10. The topological polar surface area (TPSA) is 51.3 Å². The Bertz CT molecular complexity index is 580. The molecule has 0 amide bonds. The number of aromatic nitrogens is 2. The number of Topliss-reactive ketones (excluding diaryl/α,β-unsaturated/α-hetero) is 1. The highest BCUT2D eigenvalue weighted by Gasteiger charge is 2.27. The lowest BCUT2D eigenvalue weighted by molar-refractivity contribution is 0.0841. The number of nitrogens with zero attached hydrogens (tertiary/aromatic N) is 3. The van der Waals surface area contributed by atoms with Crippen molar-refractivity contribution in [2.75, 3.05) is 20.1 Å². The van der Waals surface area contributed by atoms with Crippen LogP contribution in [0, 0.1) is 5.92 Å². The molecule has 0 saturated carbocycles. The van der Waals surface area contributed by atoms with Crippen LogP contribution < -0.4 is 0 Å². The van der Waals surface area contributed by atoms with Gasteiger partial charge >= 0.3 is 0 Å². The predicted octanol–water partition coefficient (Wildman–Crippen LogP) is 2.24. The lowest BCUT2D eigenvalue weighted by Gasteiger charge is -2.27. The monoisotopic (exact) mass is 287 g/mol. The van der Waals surface area contributed by atoms with Crippen molar-refractivity contribution >= 4 is 5.78 Å². The van der Waals surface area contributed by atoms with E-state index in [-0.39, 0.29) is 11.7 Å². The van der Waals surface area contributed by atoms with Crippen LogP contribution in [0.5, 0.6) is 0 Å². The molecule has 0 atom stereocenters. The number of hydrogen-bond acceptors (Lipinski definition) is 4. The van der Waals surface area contributed by atoms with Crippen molar-refractivity contribution in [2.45, 2.75) is 25.8 Å². The minimum atomic E-state index is 0.117. The van der Waals surface area contributed by atoms with Crippen LogP contribution in [0.25, 0.3) is 0 Å². The molecule has 0 aromatic carbocycles. The van der Waals surface area contributed by atoms with Crippen molar-refractivity contribution < 1.29 is 9.21 Å². The molecule has 1 saturated heterocycles. The van der Waals surface area contributed by atoms with Gasteiger partial charge in [-0.3, -0.25) is 4.79 Å². The van der Waals surface area contributed by atoms with Crippen LogP contribution in [0.4, 0.5) is 0 Å². The molecule has 3 heterocycles. The highest BCUT2D eigenvalue weighted by molar-refractivity contribution is 5.94. The van der Waals surface area contributed by atoms with Crippen LogP contribution in [0.1, 0.15) is 29.2 Å². The Hall–Kier alpha value is -1.88. The SMILES string of the molecule is CN1CCC(C(=O)c2nccn2CCc2ccco2)CC1. The summed E-state index contributed by atoms with van der Waals surface area (Å²) in [5, 5.41) is 0. The number of furan rings is 1. The summed E-state index contributed by atoms with van der Waals surface area (Å²) in [5.74, 6) is 1.83. The third-order valence-electron chi connectivity index (χ3n) is 4.20. The molecule has 2 aromatic heterocycles. The van der Waals surface area contributed by atoms with Crippen molar-refractivity contribution in [3.63, 3.8) is 0 Å². The maximum atomic E-state index is 12.6. The van der Waals surface area contributed by atoms with E-state index >= 15 is 0 Å². The van der Waals surface area contributed by atoms with Crippen molar-refractivity contribution in [1.82, 2.24) is 14.5 Å². The van der Waals surface area contributed by atoms with Crippen LogP contribution in [0.3, 0.4) is 0 Å². The Morgan fingerprint density at radius 1 is 1.43 bits per heavy atom. The summed E-state index contributed by atoms with van der Waals surface area (Å²) in [6.07, 6.45) is 7.90. The number of imidazole rings is 1. The molecule has 112 valence electrons. The van der Waals surface area contributed by atoms with Gasteiger partial charge in [0.15, 0.2) is 5.82 Å². The number of ketones is 1. The minimum absolute atomic E-state index is 0.117. The molecule has 5 heteroatoms. The summed E-state index contributed by atoms with van der Waals surface area (Å²) in [4.78, 5) is 19.2. The van der Waals surface area contributed by atoms with Crippen molar-refractivity contribution in [2.24, 2.45) is 5.92 Å². The van der Waals surface area contributed by atoms with Gasteiger partial charge in [-0.25, -0.2) is 4.98 Å². The summed E-state index contributed by atoms with van der Waals surface area (Å²) in [5.41, 5.74) is 0. The third-order valence-corrected chi connectivity index (χ3v) is 4.20. The van der Waals surface area contributed by atoms with Gasteiger partial charge in [0.05, 0.1) is 6.26 Å². The number of carbonyl (C=O) groups excluding carboxylic acids is 1. The van der Waals surface area contributed by atoms with Crippen LogP contribution in [-0.2, 0) is 13.0 Å². The van der Waals surface area contributed by atoms with E-state index in [9.17, 15) is 4.79 Å². The number of hydrogen-bond donors (Lipinski definition) is 0. The molecule has 3 rings (SSSR count). The number of rotatable bonds is 5. The van der Waals surface area contributed by atoms with Crippen LogP contribution >= 0.6 is 0 Å². The van der Waals surface area contributed by atoms with Crippen molar-refractivity contribution in [1.29, 1.82) is 0 Å². The molecule has 0 aliphatic carbocycles. The first-order valence-electron chi connectivity index (χ1n) is 7.50. The first kappa shape index (κ1) is 14.1. The Kier molecular flexibility index (Phi) is 4.20. The molecule has 0 N–H and O–H groups in total. The quantitative estimate of drug-likeness (QED) is 0.791. The molecule has 0 radical (unpaired) electrons. The fourth-order valence-corrected chi connectivity index (χ4v) is 2.85. The van der Waals surface area contributed by atoms with Gasteiger partial charge in [-0.2, -0.15) is 0 Å². The van der Waals surface area contributed by atoms with Gasteiger partial charge in [-0.05, 0) is 45.1 Å². The first-order chi connectivity index (χ1) is 10.2. The van der Waals surface area contributed by atoms with Crippen molar-refractivity contribution in [3.05, 3.63) is 42.4 Å². The minimum Gasteiger partial charge on any atom is -0.469 e. The zero-order valence-electron chi connectivity index (χ0n) is 12.4. The smallest absolute Gasteiger partial charge is 0.201 e. The second-order valence-electron chi connectivity index (χ2n) is 5.72. The average Bonchev–Trinajstić information content (AvgIpc) is 3.16. The van der Waals surface area contributed by atoms with E-state index < -0.39 is 0 Å². The molecule has 1 aliphatic rings. The molecule has 0 bridgehead atoms. The van der Waals surface area contributed by atoms with Crippen LogP contribution in [-0.4, -0.2) is 40.4 Å². The highest BCUT2D eigenvalue weighted by Crippen LogP contribution is 2.20. The van der Waals surface area contributed by atoms with E-state index in [0.29, 0.717) is 5.82 Å². The third kappa shape index (κ3) is 3.24. The van der Waals surface area contributed by atoms with E-state index in [0.717, 1.165) is 44.7 Å². The Morgan fingerprint density at radius 2 is 2.24 bits per heavy atom. The maximum Gasteiger partial charge on any atom is 0.201 e. The van der Waals surface area contributed by atoms with Crippen molar-refractivity contribution in [3.8, 4) is 0 Å². The Labute approximate surface area is 124 Å². The molecule has 2 aromatic rings. The fourth-order valence-electron chi connectivity index (χ4n) is 2.85. The molecule has 1 fully saturated rings. The van der Waals surface area contributed by atoms with E-state index in [1.54, 1.807) is 12.5 Å². The van der Waals surface area contributed by atoms with Gasteiger partial charge in [0.2, 0.25) is 5.78 Å². The standard InChI is InChI=1S/C16H21N3O2/c1-18-8-4-13(5-9-18)15(20)16-17-7-11-19(16)10-6-14-3-2-12-21-14/h2-3,7,11-13H,4-6,8-10H2,1H3. The number of carbonyl (C=O) groups is 1.